The summed E-state index contributed by atoms with van der Waals surface area (Å²) in [5, 5.41) is 6.25. The molecule has 0 aromatic carbocycles. The molecule has 1 unspecified atom stereocenters. The maximum atomic E-state index is 11.7. The lowest BCUT2D eigenvalue weighted by Crippen LogP contribution is -2.30. The third-order valence-corrected chi connectivity index (χ3v) is 2.91. The summed E-state index contributed by atoms with van der Waals surface area (Å²) in [6.45, 7) is 4.80. The van der Waals surface area contributed by atoms with Crippen molar-refractivity contribution in [1.29, 1.82) is 0 Å². The average molecular weight is 207 g/mol. The van der Waals surface area contributed by atoms with E-state index in [-0.39, 0.29) is 5.91 Å². The van der Waals surface area contributed by atoms with Gasteiger partial charge in [-0.05, 0) is 37.9 Å². The quantitative estimate of drug-likeness (QED) is 0.682. The maximum absolute atomic E-state index is 11.7. The van der Waals surface area contributed by atoms with Gasteiger partial charge >= 0.3 is 0 Å². The zero-order valence-electron chi connectivity index (χ0n) is 8.97. The second-order valence-corrected chi connectivity index (χ2v) is 4.12. The molecule has 4 heteroatoms. The van der Waals surface area contributed by atoms with Gasteiger partial charge in [-0.1, -0.05) is 0 Å². The summed E-state index contributed by atoms with van der Waals surface area (Å²) in [5.74, 6) is 0.619. The smallest absolute Gasteiger partial charge is 0.253 e. The van der Waals surface area contributed by atoms with E-state index in [1.54, 1.807) is 6.20 Å². The standard InChI is InChI=1S/C11H17N3O/c1-8-4-13-7-10(8)11(15)14-6-9-2-3-12-5-9/h4,7,9,12-13H,2-3,5-6H2,1H3,(H,14,15). The van der Waals surface area contributed by atoms with Crippen LogP contribution < -0.4 is 10.6 Å². The zero-order chi connectivity index (χ0) is 10.7. The molecule has 0 bridgehead atoms. The molecule has 0 radical (unpaired) electrons. The summed E-state index contributed by atoms with van der Waals surface area (Å²) in [6.07, 6.45) is 4.75. The van der Waals surface area contributed by atoms with E-state index in [0.29, 0.717) is 5.92 Å². The predicted molar refractivity (Wildman–Crippen MR) is 58.8 cm³/mol. The van der Waals surface area contributed by atoms with Crippen LogP contribution in [-0.4, -0.2) is 30.5 Å². The van der Waals surface area contributed by atoms with Gasteiger partial charge in [0.05, 0.1) is 5.56 Å². The molecule has 0 saturated carbocycles. The van der Waals surface area contributed by atoms with Gasteiger partial charge in [-0.2, -0.15) is 0 Å². The van der Waals surface area contributed by atoms with Gasteiger partial charge in [0.1, 0.15) is 0 Å². The summed E-state index contributed by atoms with van der Waals surface area (Å²) >= 11 is 0. The Morgan fingerprint density at radius 2 is 2.47 bits per heavy atom. The second kappa shape index (κ2) is 4.49. The Hall–Kier alpha value is -1.29. The van der Waals surface area contributed by atoms with E-state index in [4.69, 9.17) is 0 Å². The number of aromatic amines is 1. The predicted octanol–water partition coefficient (Wildman–Crippen LogP) is 0.662. The molecule has 1 fully saturated rings. The number of H-pyrrole nitrogens is 1. The van der Waals surface area contributed by atoms with Gasteiger partial charge in [-0.15, -0.1) is 0 Å². The fraction of sp³-hybridized carbons (Fsp3) is 0.545. The lowest BCUT2D eigenvalue weighted by Gasteiger charge is -2.09. The number of nitrogens with one attached hydrogen (secondary N) is 3. The van der Waals surface area contributed by atoms with E-state index in [2.05, 4.69) is 15.6 Å². The highest BCUT2D eigenvalue weighted by Crippen LogP contribution is 2.08. The van der Waals surface area contributed by atoms with Crippen molar-refractivity contribution in [2.24, 2.45) is 5.92 Å². The van der Waals surface area contributed by atoms with Crippen molar-refractivity contribution in [1.82, 2.24) is 15.6 Å². The molecule has 3 N–H and O–H groups in total. The van der Waals surface area contributed by atoms with E-state index < -0.39 is 0 Å². The van der Waals surface area contributed by atoms with E-state index in [9.17, 15) is 4.79 Å². The topological polar surface area (TPSA) is 56.9 Å². The van der Waals surface area contributed by atoms with Crippen molar-refractivity contribution >= 4 is 5.91 Å². The molecule has 0 spiro atoms. The molecule has 0 aliphatic carbocycles. The Kier molecular flexibility index (Phi) is 3.06. The monoisotopic (exact) mass is 207 g/mol. The minimum Gasteiger partial charge on any atom is -0.367 e. The van der Waals surface area contributed by atoms with E-state index in [1.165, 1.54) is 0 Å². The van der Waals surface area contributed by atoms with Crippen molar-refractivity contribution in [2.45, 2.75) is 13.3 Å². The van der Waals surface area contributed by atoms with Gasteiger partial charge in [0.2, 0.25) is 0 Å². The van der Waals surface area contributed by atoms with Gasteiger partial charge in [0.15, 0.2) is 0 Å². The molecule has 1 aromatic heterocycles. The fourth-order valence-corrected chi connectivity index (χ4v) is 1.91. The first-order valence-corrected chi connectivity index (χ1v) is 5.39. The lowest BCUT2D eigenvalue weighted by molar-refractivity contribution is 0.0948. The second-order valence-electron chi connectivity index (χ2n) is 4.12. The number of hydrogen-bond acceptors (Lipinski definition) is 2. The first kappa shape index (κ1) is 10.2. The lowest BCUT2D eigenvalue weighted by atomic mass is 10.1. The molecule has 2 rings (SSSR count). The Morgan fingerprint density at radius 1 is 1.60 bits per heavy atom. The van der Waals surface area contributed by atoms with Crippen LogP contribution >= 0.6 is 0 Å². The molecule has 4 nitrogen and oxygen atoms in total. The first-order chi connectivity index (χ1) is 7.27. The first-order valence-electron chi connectivity index (χ1n) is 5.39. The normalized spacial score (nSPS) is 20.5. The average Bonchev–Trinajstić information content (AvgIpc) is 2.84. The molecular formula is C11H17N3O. The maximum Gasteiger partial charge on any atom is 0.253 e. The molecule has 1 aliphatic rings. The number of rotatable bonds is 3. The minimum atomic E-state index is 0.0284. The van der Waals surface area contributed by atoms with Crippen LogP contribution in [0.25, 0.3) is 0 Å². The molecule has 1 atom stereocenters. The fourth-order valence-electron chi connectivity index (χ4n) is 1.91. The summed E-state index contributed by atoms with van der Waals surface area (Å²) in [6, 6.07) is 0. The number of hydrogen-bond donors (Lipinski definition) is 3. The molecule has 1 amide bonds. The van der Waals surface area contributed by atoms with Crippen LogP contribution in [0.2, 0.25) is 0 Å². The van der Waals surface area contributed by atoms with Crippen LogP contribution in [0.15, 0.2) is 12.4 Å². The number of amides is 1. The molecule has 15 heavy (non-hydrogen) atoms. The summed E-state index contributed by atoms with van der Waals surface area (Å²) in [4.78, 5) is 14.7. The molecule has 1 aliphatic heterocycles. The van der Waals surface area contributed by atoms with Crippen LogP contribution in [0, 0.1) is 12.8 Å². The Morgan fingerprint density at radius 3 is 3.07 bits per heavy atom. The Balaban J connectivity index is 1.84. The number of aromatic nitrogens is 1. The number of carbonyl (C=O) groups excluding carboxylic acids is 1. The van der Waals surface area contributed by atoms with Crippen LogP contribution in [-0.2, 0) is 0 Å². The minimum absolute atomic E-state index is 0.0284. The van der Waals surface area contributed by atoms with Crippen LogP contribution in [0.5, 0.6) is 0 Å². The number of aryl methyl sites for hydroxylation is 1. The molecule has 1 aromatic rings. The summed E-state index contributed by atoms with van der Waals surface area (Å²) < 4.78 is 0. The van der Waals surface area contributed by atoms with Crippen molar-refractivity contribution in [3.63, 3.8) is 0 Å². The van der Waals surface area contributed by atoms with Crippen LogP contribution in [0.1, 0.15) is 22.3 Å². The van der Waals surface area contributed by atoms with Gasteiger partial charge in [-0.3, -0.25) is 4.79 Å². The molecule has 82 valence electrons. The van der Waals surface area contributed by atoms with Gasteiger partial charge in [0, 0.05) is 18.9 Å². The SMILES string of the molecule is Cc1c[nH]cc1C(=O)NCC1CCNC1. The summed E-state index contributed by atoms with van der Waals surface area (Å²) in [5.41, 5.74) is 1.75. The molecule has 2 heterocycles. The molecular weight excluding hydrogens is 190 g/mol. The van der Waals surface area contributed by atoms with Gasteiger partial charge in [-0.25, -0.2) is 0 Å². The van der Waals surface area contributed by atoms with Gasteiger partial charge in [0.25, 0.3) is 5.91 Å². The van der Waals surface area contributed by atoms with Crippen molar-refractivity contribution in [2.75, 3.05) is 19.6 Å². The molecule has 1 saturated heterocycles. The highest BCUT2D eigenvalue weighted by atomic mass is 16.1. The third kappa shape index (κ3) is 2.39. The largest absolute Gasteiger partial charge is 0.367 e. The van der Waals surface area contributed by atoms with Crippen molar-refractivity contribution < 1.29 is 4.79 Å². The van der Waals surface area contributed by atoms with E-state index in [0.717, 1.165) is 37.2 Å². The van der Waals surface area contributed by atoms with E-state index in [1.807, 2.05) is 13.1 Å². The zero-order valence-corrected chi connectivity index (χ0v) is 8.97. The van der Waals surface area contributed by atoms with Crippen molar-refractivity contribution in [3.8, 4) is 0 Å². The highest BCUT2D eigenvalue weighted by Gasteiger charge is 2.16. The van der Waals surface area contributed by atoms with E-state index >= 15 is 0 Å². The Labute approximate surface area is 89.5 Å². The third-order valence-electron chi connectivity index (χ3n) is 2.91. The van der Waals surface area contributed by atoms with Crippen LogP contribution in [0.3, 0.4) is 0 Å². The van der Waals surface area contributed by atoms with Crippen molar-refractivity contribution in [3.05, 3.63) is 23.5 Å². The van der Waals surface area contributed by atoms with Crippen LogP contribution in [0.4, 0.5) is 0 Å². The highest BCUT2D eigenvalue weighted by molar-refractivity contribution is 5.95. The Bertz CT molecular complexity index is 339. The van der Waals surface area contributed by atoms with Gasteiger partial charge < -0.3 is 15.6 Å². The summed E-state index contributed by atoms with van der Waals surface area (Å²) in [7, 11) is 0. The number of carbonyl (C=O) groups is 1.